The molecule has 1 fully saturated rings. The normalized spacial score (nSPS) is 15.0. The van der Waals surface area contributed by atoms with Crippen LogP contribution in [0, 0.1) is 11.7 Å². The number of ether oxygens (including phenoxy) is 2. The lowest BCUT2D eigenvalue weighted by Crippen LogP contribution is -2.38. The van der Waals surface area contributed by atoms with Crippen molar-refractivity contribution in [2.24, 2.45) is 10.9 Å². The lowest BCUT2D eigenvalue weighted by atomic mass is 10.1. The van der Waals surface area contributed by atoms with Gasteiger partial charge in [0.25, 0.3) is 0 Å². The van der Waals surface area contributed by atoms with Crippen molar-refractivity contribution in [3.05, 3.63) is 53.5 Å². The fourth-order valence-corrected chi connectivity index (χ4v) is 2.88. The van der Waals surface area contributed by atoms with Crippen LogP contribution in [0.5, 0.6) is 11.6 Å². The van der Waals surface area contributed by atoms with Crippen LogP contribution in [0.4, 0.5) is 4.39 Å². The van der Waals surface area contributed by atoms with Gasteiger partial charge in [-0.05, 0) is 56.4 Å². The van der Waals surface area contributed by atoms with Gasteiger partial charge in [0, 0.05) is 25.4 Å². The van der Waals surface area contributed by atoms with Gasteiger partial charge in [0.15, 0.2) is 17.5 Å². The van der Waals surface area contributed by atoms with Gasteiger partial charge in [-0.1, -0.05) is 12.1 Å². The second-order valence-electron chi connectivity index (χ2n) is 7.14. The van der Waals surface area contributed by atoms with E-state index in [0.29, 0.717) is 43.3 Å². The second kappa shape index (κ2) is 10.1. The van der Waals surface area contributed by atoms with Crippen LogP contribution < -0.4 is 20.1 Å². The monoisotopic (exact) mass is 400 g/mol. The van der Waals surface area contributed by atoms with Gasteiger partial charge >= 0.3 is 0 Å². The third-order valence-corrected chi connectivity index (χ3v) is 4.78. The quantitative estimate of drug-likeness (QED) is 0.495. The Labute approximate surface area is 171 Å². The van der Waals surface area contributed by atoms with Crippen LogP contribution in [-0.2, 0) is 6.54 Å². The minimum atomic E-state index is -0.337. The SMILES string of the molecule is CCOc1ncccc1CNC(=NC)NC(C)c1ccc(OCC2CC2)c(F)c1. The summed E-state index contributed by atoms with van der Waals surface area (Å²) in [7, 11) is 1.70. The molecule has 1 aromatic heterocycles. The van der Waals surface area contributed by atoms with Gasteiger partial charge in [-0.2, -0.15) is 0 Å². The molecule has 1 aliphatic rings. The van der Waals surface area contributed by atoms with Crippen molar-refractivity contribution in [2.75, 3.05) is 20.3 Å². The van der Waals surface area contributed by atoms with Crippen molar-refractivity contribution in [1.29, 1.82) is 0 Å². The molecule has 3 rings (SSSR count). The summed E-state index contributed by atoms with van der Waals surface area (Å²) in [5.74, 6) is 1.78. The molecule has 2 aromatic rings. The van der Waals surface area contributed by atoms with Crippen LogP contribution >= 0.6 is 0 Å². The van der Waals surface area contributed by atoms with E-state index in [2.05, 4.69) is 20.6 Å². The van der Waals surface area contributed by atoms with E-state index in [1.54, 1.807) is 19.3 Å². The molecule has 1 heterocycles. The highest BCUT2D eigenvalue weighted by molar-refractivity contribution is 5.80. The number of aromatic nitrogens is 1. The van der Waals surface area contributed by atoms with Crippen LogP contribution in [0.3, 0.4) is 0 Å². The minimum Gasteiger partial charge on any atom is -0.490 e. The Morgan fingerprint density at radius 1 is 1.31 bits per heavy atom. The Balaban J connectivity index is 1.56. The molecule has 156 valence electrons. The Bertz CT molecular complexity index is 839. The summed E-state index contributed by atoms with van der Waals surface area (Å²) < 4.78 is 25.5. The molecule has 7 heteroatoms. The van der Waals surface area contributed by atoms with Crippen LogP contribution in [0.15, 0.2) is 41.5 Å². The Kier molecular flexibility index (Phi) is 7.27. The largest absolute Gasteiger partial charge is 0.490 e. The highest BCUT2D eigenvalue weighted by Crippen LogP contribution is 2.30. The van der Waals surface area contributed by atoms with Crippen molar-refractivity contribution in [3.63, 3.8) is 0 Å². The highest BCUT2D eigenvalue weighted by Gasteiger charge is 2.22. The van der Waals surface area contributed by atoms with E-state index < -0.39 is 0 Å². The summed E-state index contributed by atoms with van der Waals surface area (Å²) >= 11 is 0. The van der Waals surface area contributed by atoms with E-state index in [0.717, 1.165) is 11.1 Å². The maximum atomic E-state index is 14.4. The summed E-state index contributed by atoms with van der Waals surface area (Å²) in [6.45, 7) is 5.55. The topological polar surface area (TPSA) is 67.8 Å². The number of nitrogens with zero attached hydrogens (tertiary/aromatic N) is 2. The highest BCUT2D eigenvalue weighted by atomic mass is 19.1. The van der Waals surface area contributed by atoms with Gasteiger partial charge in [0.2, 0.25) is 5.88 Å². The first-order chi connectivity index (χ1) is 14.1. The molecule has 1 unspecified atom stereocenters. The van der Waals surface area contributed by atoms with E-state index in [9.17, 15) is 4.39 Å². The number of hydrogen-bond acceptors (Lipinski definition) is 4. The Morgan fingerprint density at radius 2 is 2.14 bits per heavy atom. The fourth-order valence-electron chi connectivity index (χ4n) is 2.88. The standard InChI is InChI=1S/C22H29FN4O2/c1-4-28-21-18(6-5-11-25-21)13-26-22(24-3)27-15(2)17-9-10-20(19(23)12-17)29-14-16-7-8-16/h5-6,9-12,15-16H,4,7-8,13-14H2,1-3H3,(H2,24,26,27). The minimum absolute atomic E-state index is 0.131. The molecule has 1 saturated carbocycles. The molecule has 0 radical (unpaired) electrons. The van der Waals surface area contributed by atoms with Crippen LogP contribution in [0.2, 0.25) is 0 Å². The van der Waals surface area contributed by atoms with Crippen molar-refractivity contribution in [1.82, 2.24) is 15.6 Å². The number of benzene rings is 1. The summed E-state index contributed by atoms with van der Waals surface area (Å²) in [6.07, 6.45) is 4.06. The molecule has 0 amide bonds. The van der Waals surface area contributed by atoms with Gasteiger partial charge in [-0.25, -0.2) is 9.37 Å². The molecule has 2 N–H and O–H groups in total. The third-order valence-electron chi connectivity index (χ3n) is 4.78. The van der Waals surface area contributed by atoms with Crippen molar-refractivity contribution in [2.45, 2.75) is 39.3 Å². The van der Waals surface area contributed by atoms with E-state index >= 15 is 0 Å². The van der Waals surface area contributed by atoms with Crippen molar-refractivity contribution < 1.29 is 13.9 Å². The molecular weight excluding hydrogens is 371 g/mol. The number of hydrogen-bond donors (Lipinski definition) is 2. The molecular formula is C22H29FN4O2. The Hall–Kier alpha value is -2.83. The van der Waals surface area contributed by atoms with Crippen LogP contribution in [-0.4, -0.2) is 31.2 Å². The summed E-state index contributed by atoms with van der Waals surface area (Å²) in [4.78, 5) is 8.51. The second-order valence-corrected chi connectivity index (χ2v) is 7.14. The molecule has 1 atom stereocenters. The first-order valence-corrected chi connectivity index (χ1v) is 10.1. The van der Waals surface area contributed by atoms with Crippen LogP contribution in [0.25, 0.3) is 0 Å². The van der Waals surface area contributed by atoms with E-state index in [1.807, 2.05) is 32.0 Å². The molecule has 0 bridgehead atoms. The van der Waals surface area contributed by atoms with Gasteiger partial charge in [0.1, 0.15) is 0 Å². The number of aliphatic imine (C=N–C) groups is 1. The maximum absolute atomic E-state index is 14.4. The van der Waals surface area contributed by atoms with Gasteiger partial charge in [-0.3, -0.25) is 4.99 Å². The third kappa shape index (κ3) is 6.07. The van der Waals surface area contributed by atoms with Crippen LogP contribution in [0.1, 0.15) is 43.9 Å². The van der Waals surface area contributed by atoms with Crippen molar-refractivity contribution in [3.8, 4) is 11.6 Å². The van der Waals surface area contributed by atoms with Crippen molar-refractivity contribution >= 4 is 5.96 Å². The molecule has 1 aromatic carbocycles. The lowest BCUT2D eigenvalue weighted by molar-refractivity contribution is 0.285. The summed E-state index contributed by atoms with van der Waals surface area (Å²) in [5.41, 5.74) is 1.76. The average Bonchev–Trinajstić information content (AvgIpc) is 3.55. The smallest absolute Gasteiger partial charge is 0.218 e. The average molecular weight is 400 g/mol. The maximum Gasteiger partial charge on any atom is 0.218 e. The number of rotatable bonds is 9. The fraction of sp³-hybridized carbons (Fsp3) is 0.455. The van der Waals surface area contributed by atoms with Gasteiger partial charge < -0.3 is 20.1 Å². The molecule has 0 aliphatic heterocycles. The number of pyridine rings is 1. The summed E-state index contributed by atoms with van der Waals surface area (Å²) in [5, 5.41) is 6.53. The van der Waals surface area contributed by atoms with Gasteiger partial charge in [-0.15, -0.1) is 0 Å². The zero-order valence-electron chi connectivity index (χ0n) is 17.2. The summed E-state index contributed by atoms with van der Waals surface area (Å²) in [6, 6.07) is 8.79. The molecule has 1 aliphatic carbocycles. The first-order valence-electron chi connectivity index (χ1n) is 10.1. The first kappa shape index (κ1) is 20.9. The number of nitrogens with one attached hydrogen (secondary N) is 2. The van der Waals surface area contributed by atoms with E-state index in [-0.39, 0.29) is 11.9 Å². The predicted molar refractivity (Wildman–Crippen MR) is 112 cm³/mol. The zero-order valence-corrected chi connectivity index (χ0v) is 17.2. The number of guanidine groups is 1. The molecule has 29 heavy (non-hydrogen) atoms. The molecule has 0 saturated heterocycles. The zero-order chi connectivity index (χ0) is 20.6. The van der Waals surface area contributed by atoms with E-state index in [1.165, 1.54) is 18.9 Å². The number of halogens is 1. The predicted octanol–water partition coefficient (Wildman–Crippen LogP) is 3.83. The van der Waals surface area contributed by atoms with Gasteiger partial charge in [0.05, 0.1) is 19.3 Å². The molecule has 0 spiro atoms. The lowest BCUT2D eigenvalue weighted by Gasteiger charge is -2.19. The molecule has 6 nitrogen and oxygen atoms in total. The Morgan fingerprint density at radius 3 is 2.83 bits per heavy atom. The van der Waals surface area contributed by atoms with E-state index in [4.69, 9.17) is 9.47 Å².